The van der Waals surface area contributed by atoms with Crippen LogP contribution in [0.2, 0.25) is 0 Å². The zero-order valence-electron chi connectivity index (χ0n) is 18.3. The zero-order chi connectivity index (χ0) is 22.6. The molecule has 6 nitrogen and oxygen atoms in total. The number of benzene rings is 2. The molecule has 0 spiro atoms. The number of nitrogens with zero attached hydrogens (tertiary/aromatic N) is 1. The van der Waals surface area contributed by atoms with Gasteiger partial charge in [0, 0.05) is 28.4 Å². The van der Waals surface area contributed by atoms with Gasteiger partial charge in [0.1, 0.15) is 5.82 Å². The normalized spacial score (nSPS) is 15.9. The summed E-state index contributed by atoms with van der Waals surface area (Å²) in [5.41, 5.74) is 4.82. The minimum Gasteiger partial charge on any atom is -0.338 e. The average Bonchev–Trinajstić information content (AvgIpc) is 3.43. The van der Waals surface area contributed by atoms with Crippen molar-refractivity contribution >= 4 is 34.2 Å². The number of anilines is 2. The van der Waals surface area contributed by atoms with Crippen LogP contribution in [-0.4, -0.2) is 21.8 Å². The quantitative estimate of drug-likeness (QED) is 0.475. The van der Waals surface area contributed by atoms with Crippen LogP contribution in [0.5, 0.6) is 0 Å². The number of imidazole rings is 1. The molecule has 6 heteroatoms. The highest BCUT2D eigenvalue weighted by atomic mass is 16.2. The van der Waals surface area contributed by atoms with E-state index in [0.717, 1.165) is 53.8 Å². The van der Waals surface area contributed by atoms with Crippen molar-refractivity contribution in [3.63, 3.8) is 0 Å². The molecule has 2 aromatic carbocycles. The summed E-state index contributed by atoms with van der Waals surface area (Å²) in [6.07, 6.45) is 14.4. The van der Waals surface area contributed by atoms with E-state index in [-0.39, 0.29) is 17.7 Å². The third kappa shape index (κ3) is 4.80. The van der Waals surface area contributed by atoms with Crippen molar-refractivity contribution in [2.24, 2.45) is 5.92 Å². The van der Waals surface area contributed by atoms with Gasteiger partial charge in [-0.1, -0.05) is 43.2 Å². The molecule has 1 fully saturated rings. The minimum absolute atomic E-state index is 0.111. The fraction of sp³-hybridized carbons (Fsp3) is 0.222. The van der Waals surface area contributed by atoms with Gasteiger partial charge in [-0.25, -0.2) is 4.98 Å². The lowest BCUT2D eigenvalue weighted by atomic mass is 10.1. The summed E-state index contributed by atoms with van der Waals surface area (Å²) in [6, 6.07) is 13.4. The summed E-state index contributed by atoms with van der Waals surface area (Å²) in [6.45, 7) is 0. The Bertz CT molecular complexity index is 1280. The number of aromatic amines is 1. The van der Waals surface area contributed by atoms with Gasteiger partial charge in [-0.3, -0.25) is 9.59 Å². The van der Waals surface area contributed by atoms with Crippen LogP contribution in [0, 0.1) is 5.92 Å². The molecular formula is C27H26N4O2. The summed E-state index contributed by atoms with van der Waals surface area (Å²) in [4.78, 5) is 32.9. The molecule has 1 aromatic heterocycles. The highest BCUT2D eigenvalue weighted by Gasteiger charge is 2.22. The lowest BCUT2D eigenvalue weighted by Gasteiger charge is -2.10. The van der Waals surface area contributed by atoms with Gasteiger partial charge in [0.2, 0.25) is 5.91 Å². The van der Waals surface area contributed by atoms with Crippen LogP contribution in [0.15, 0.2) is 78.4 Å². The molecule has 3 N–H and O–H groups in total. The van der Waals surface area contributed by atoms with E-state index in [1.165, 1.54) is 0 Å². The van der Waals surface area contributed by atoms with E-state index in [9.17, 15) is 9.59 Å². The Morgan fingerprint density at radius 3 is 2.52 bits per heavy atom. The van der Waals surface area contributed by atoms with Gasteiger partial charge in [0.15, 0.2) is 0 Å². The van der Waals surface area contributed by atoms with E-state index in [1.807, 2.05) is 72.8 Å². The van der Waals surface area contributed by atoms with E-state index < -0.39 is 0 Å². The molecule has 2 amide bonds. The second-order valence-corrected chi connectivity index (χ2v) is 8.53. The predicted octanol–water partition coefficient (Wildman–Crippen LogP) is 5.74. The molecule has 33 heavy (non-hydrogen) atoms. The van der Waals surface area contributed by atoms with Gasteiger partial charge < -0.3 is 15.6 Å². The van der Waals surface area contributed by atoms with Crippen molar-refractivity contribution in [3.8, 4) is 11.4 Å². The molecule has 3 aromatic rings. The first-order chi connectivity index (χ1) is 16.2. The van der Waals surface area contributed by atoms with E-state index >= 15 is 0 Å². The van der Waals surface area contributed by atoms with Crippen LogP contribution in [0.1, 0.15) is 32.1 Å². The summed E-state index contributed by atoms with van der Waals surface area (Å²) >= 11 is 0. The van der Waals surface area contributed by atoms with Crippen molar-refractivity contribution in [2.45, 2.75) is 32.1 Å². The van der Waals surface area contributed by atoms with Crippen LogP contribution in [0.25, 0.3) is 22.4 Å². The molecule has 0 radical (unpaired) electrons. The molecule has 1 saturated carbocycles. The summed E-state index contributed by atoms with van der Waals surface area (Å²) < 4.78 is 0. The Hall–Kier alpha value is -3.93. The molecular weight excluding hydrogens is 412 g/mol. The van der Waals surface area contributed by atoms with Gasteiger partial charge in [-0.05, 0) is 61.7 Å². The Morgan fingerprint density at radius 2 is 1.70 bits per heavy atom. The van der Waals surface area contributed by atoms with Gasteiger partial charge in [0.05, 0.1) is 11.0 Å². The third-order valence-electron chi connectivity index (χ3n) is 6.18. The molecule has 0 unspecified atom stereocenters. The van der Waals surface area contributed by atoms with Crippen LogP contribution in [-0.2, 0) is 9.59 Å². The van der Waals surface area contributed by atoms with Gasteiger partial charge in [-0.2, -0.15) is 0 Å². The van der Waals surface area contributed by atoms with Crippen LogP contribution >= 0.6 is 0 Å². The van der Waals surface area contributed by atoms with Crippen LogP contribution in [0.3, 0.4) is 0 Å². The molecule has 2 aliphatic rings. The van der Waals surface area contributed by atoms with Gasteiger partial charge in [0.25, 0.3) is 5.91 Å². The SMILES string of the molecule is O=C(Nc1ccc2nc(-c3ccc(NC(=O)C4CCCC4)cc3)[nH]c2c1)C1=CC=CC=CC1. The van der Waals surface area contributed by atoms with Gasteiger partial charge >= 0.3 is 0 Å². The molecule has 0 aliphatic heterocycles. The van der Waals surface area contributed by atoms with Crippen molar-refractivity contribution in [1.82, 2.24) is 9.97 Å². The maximum absolute atomic E-state index is 12.6. The Morgan fingerprint density at radius 1 is 0.909 bits per heavy atom. The summed E-state index contributed by atoms with van der Waals surface area (Å²) in [7, 11) is 0. The Kier molecular flexibility index (Phi) is 5.89. The third-order valence-corrected chi connectivity index (χ3v) is 6.18. The number of fused-ring (bicyclic) bond motifs is 1. The first-order valence-electron chi connectivity index (χ1n) is 11.4. The van der Waals surface area contributed by atoms with E-state index in [0.29, 0.717) is 17.7 Å². The van der Waals surface area contributed by atoms with Crippen molar-refractivity contribution in [3.05, 3.63) is 78.4 Å². The lowest BCUT2D eigenvalue weighted by Crippen LogP contribution is -2.20. The number of nitrogens with one attached hydrogen (secondary N) is 3. The molecule has 166 valence electrons. The molecule has 2 aliphatic carbocycles. The standard InChI is InChI=1S/C27H26N4O2/c32-26(20-9-5-6-10-20)28-21-13-11-18(12-14-21)25-30-23-16-15-22(17-24(23)31-25)29-27(33)19-7-3-1-2-4-8-19/h1-4,7,11-17,20H,5-6,8-10H2,(H,28,32)(H,29,33)(H,30,31). The van der Waals surface area contributed by atoms with E-state index in [2.05, 4.69) is 20.6 Å². The van der Waals surface area contributed by atoms with E-state index in [4.69, 9.17) is 0 Å². The van der Waals surface area contributed by atoms with Crippen LogP contribution < -0.4 is 10.6 Å². The number of hydrogen-bond donors (Lipinski definition) is 3. The summed E-state index contributed by atoms with van der Waals surface area (Å²) in [5.74, 6) is 0.885. The highest BCUT2D eigenvalue weighted by Crippen LogP contribution is 2.27. The number of carbonyl (C=O) groups is 2. The fourth-order valence-corrected chi connectivity index (χ4v) is 4.33. The maximum atomic E-state index is 12.6. The highest BCUT2D eigenvalue weighted by molar-refractivity contribution is 6.05. The lowest BCUT2D eigenvalue weighted by molar-refractivity contribution is -0.119. The smallest absolute Gasteiger partial charge is 0.251 e. The number of hydrogen-bond acceptors (Lipinski definition) is 3. The number of carbonyl (C=O) groups excluding carboxylic acids is 2. The number of aromatic nitrogens is 2. The first-order valence-corrected chi connectivity index (χ1v) is 11.4. The van der Waals surface area contributed by atoms with Crippen molar-refractivity contribution in [2.75, 3.05) is 10.6 Å². The summed E-state index contributed by atoms with van der Waals surface area (Å²) in [5, 5.41) is 5.99. The number of amides is 2. The maximum Gasteiger partial charge on any atom is 0.251 e. The minimum atomic E-state index is -0.111. The number of H-pyrrole nitrogens is 1. The Balaban J connectivity index is 1.28. The molecule has 0 bridgehead atoms. The number of allylic oxidation sites excluding steroid dienone is 5. The average molecular weight is 439 g/mol. The van der Waals surface area contributed by atoms with E-state index in [1.54, 1.807) is 0 Å². The first kappa shape index (κ1) is 20.9. The van der Waals surface area contributed by atoms with Crippen molar-refractivity contribution in [1.29, 1.82) is 0 Å². The molecule has 0 saturated heterocycles. The predicted molar refractivity (Wildman–Crippen MR) is 132 cm³/mol. The molecule has 1 heterocycles. The van der Waals surface area contributed by atoms with Crippen LogP contribution in [0.4, 0.5) is 11.4 Å². The molecule has 0 atom stereocenters. The number of rotatable bonds is 5. The Labute approximate surface area is 192 Å². The second-order valence-electron chi connectivity index (χ2n) is 8.53. The topological polar surface area (TPSA) is 86.9 Å². The zero-order valence-corrected chi connectivity index (χ0v) is 18.3. The second kappa shape index (κ2) is 9.28. The molecule has 5 rings (SSSR count). The largest absolute Gasteiger partial charge is 0.338 e. The monoisotopic (exact) mass is 438 g/mol. The fourth-order valence-electron chi connectivity index (χ4n) is 4.33. The van der Waals surface area contributed by atoms with Crippen molar-refractivity contribution < 1.29 is 9.59 Å². The van der Waals surface area contributed by atoms with Gasteiger partial charge in [-0.15, -0.1) is 0 Å².